The number of benzene rings is 1. The van der Waals surface area contributed by atoms with Gasteiger partial charge in [-0.05, 0) is 18.6 Å². The van der Waals surface area contributed by atoms with Crippen LogP contribution in [0.5, 0.6) is 5.75 Å². The highest BCUT2D eigenvalue weighted by Gasteiger charge is 2.09. The minimum absolute atomic E-state index is 0.102. The number of methoxy groups -OCH3 is 1. The number of aromatic nitrogens is 3. The number of rotatable bonds is 4. The van der Waals surface area contributed by atoms with E-state index in [2.05, 4.69) is 9.97 Å². The number of carbonyl (C=O) groups is 1. The Bertz CT molecular complexity index is 757. The van der Waals surface area contributed by atoms with Gasteiger partial charge < -0.3 is 14.8 Å². The lowest BCUT2D eigenvalue weighted by Gasteiger charge is -1.98. The molecule has 0 saturated heterocycles. The molecule has 0 fully saturated rings. The Hall–Kier alpha value is -2.50. The number of H-pyrrole nitrogens is 1. The van der Waals surface area contributed by atoms with E-state index in [0.717, 1.165) is 22.5 Å². The van der Waals surface area contributed by atoms with Crippen LogP contribution in [0, 0.1) is 0 Å². The van der Waals surface area contributed by atoms with Crippen molar-refractivity contribution < 1.29 is 14.6 Å². The van der Waals surface area contributed by atoms with Crippen LogP contribution < -0.4 is 4.74 Å². The smallest absolute Gasteiger partial charge is 0.303 e. The van der Waals surface area contributed by atoms with Crippen LogP contribution in [0.4, 0.5) is 0 Å². The number of carboxylic acids is 1. The van der Waals surface area contributed by atoms with E-state index in [9.17, 15) is 4.79 Å². The molecule has 0 radical (unpaired) electrons. The number of fused-ring (bicyclic) bond motifs is 3. The number of hydrogen-bond donors (Lipinski definition) is 2. The SMILES string of the molecule is COc1ccc2nc3[nH]c(CCC(=O)O)cn3c2c1. The van der Waals surface area contributed by atoms with Crippen molar-refractivity contribution in [3.05, 3.63) is 30.1 Å². The largest absolute Gasteiger partial charge is 0.497 e. The molecule has 98 valence electrons. The lowest BCUT2D eigenvalue weighted by molar-refractivity contribution is -0.136. The molecular formula is C13H13N3O3. The van der Waals surface area contributed by atoms with E-state index in [1.54, 1.807) is 7.11 Å². The third-order valence-corrected chi connectivity index (χ3v) is 3.06. The molecule has 0 spiro atoms. The maximum Gasteiger partial charge on any atom is 0.303 e. The van der Waals surface area contributed by atoms with E-state index < -0.39 is 5.97 Å². The second kappa shape index (κ2) is 4.31. The standard InChI is InChI=1S/C13H13N3O3/c1-19-9-3-4-10-11(6-9)16-7-8(2-5-12(17)18)14-13(16)15-10/h3-4,6-7H,2,5H2,1H3,(H,14,15)(H,17,18). The fourth-order valence-corrected chi connectivity index (χ4v) is 2.12. The Morgan fingerprint density at radius 3 is 3.11 bits per heavy atom. The first-order chi connectivity index (χ1) is 9.17. The molecule has 19 heavy (non-hydrogen) atoms. The number of aromatic amines is 1. The van der Waals surface area contributed by atoms with Gasteiger partial charge in [-0.2, -0.15) is 0 Å². The summed E-state index contributed by atoms with van der Waals surface area (Å²) < 4.78 is 7.11. The molecular weight excluding hydrogens is 246 g/mol. The van der Waals surface area contributed by atoms with Gasteiger partial charge in [0.15, 0.2) is 0 Å². The van der Waals surface area contributed by atoms with Crippen molar-refractivity contribution in [1.82, 2.24) is 14.4 Å². The Balaban J connectivity index is 2.05. The van der Waals surface area contributed by atoms with E-state index in [-0.39, 0.29) is 6.42 Å². The van der Waals surface area contributed by atoms with Crippen molar-refractivity contribution in [3.8, 4) is 5.75 Å². The number of carboxylic acid groups (broad SMARTS) is 1. The van der Waals surface area contributed by atoms with Gasteiger partial charge >= 0.3 is 5.97 Å². The summed E-state index contributed by atoms with van der Waals surface area (Å²) in [5.41, 5.74) is 2.67. The summed E-state index contributed by atoms with van der Waals surface area (Å²) in [5.74, 6) is 0.671. The lowest BCUT2D eigenvalue weighted by atomic mass is 10.2. The van der Waals surface area contributed by atoms with Crippen molar-refractivity contribution in [2.75, 3.05) is 7.11 Å². The summed E-state index contributed by atoms with van der Waals surface area (Å²) in [6.07, 6.45) is 2.45. The molecule has 2 N–H and O–H groups in total. The summed E-state index contributed by atoms with van der Waals surface area (Å²) >= 11 is 0. The third kappa shape index (κ3) is 2.01. The number of aliphatic carboxylic acids is 1. The van der Waals surface area contributed by atoms with Crippen molar-refractivity contribution in [2.45, 2.75) is 12.8 Å². The van der Waals surface area contributed by atoms with Gasteiger partial charge in [0, 0.05) is 18.0 Å². The van der Waals surface area contributed by atoms with Crippen LogP contribution in [0.2, 0.25) is 0 Å². The van der Waals surface area contributed by atoms with Gasteiger partial charge in [0.05, 0.1) is 24.6 Å². The molecule has 0 aliphatic heterocycles. The average molecular weight is 259 g/mol. The monoisotopic (exact) mass is 259 g/mol. The summed E-state index contributed by atoms with van der Waals surface area (Å²) in [6, 6.07) is 5.66. The van der Waals surface area contributed by atoms with Crippen LogP contribution in [0.15, 0.2) is 24.4 Å². The number of ether oxygens (including phenoxy) is 1. The first-order valence-corrected chi connectivity index (χ1v) is 5.93. The molecule has 3 aromatic rings. The number of nitrogens with zero attached hydrogens (tertiary/aromatic N) is 2. The van der Waals surface area contributed by atoms with Crippen molar-refractivity contribution in [3.63, 3.8) is 0 Å². The first-order valence-electron chi connectivity index (χ1n) is 5.93. The number of hydrogen-bond acceptors (Lipinski definition) is 3. The van der Waals surface area contributed by atoms with Crippen LogP contribution >= 0.6 is 0 Å². The highest BCUT2D eigenvalue weighted by molar-refractivity contribution is 5.81. The highest BCUT2D eigenvalue weighted by Crippen LogP contribution is 2.22. The zero-order valence-corrected chi connectivity index (χ0v) is 10.4. The molecule has 0 unspecified atom stereocenters. The molecule has 6 heteroatoms. The third-order valence-electron chi connectivity index (χ3n) is 3.06. The van der Waals surface area contributed by atoms with E-state index >= 15 is 0 Å². The van der Waals surface area contributed by atoms with Crippen molar-refractivity contribution in [2.24, 2.45) is 0 Å². The van der Waals surface area contributed by atoms with Gasteiger partial charge in [-0.25, -0.2) is 4.98 Å². The molecule has 0 amide bonds. The Labute approximate surface area is 108 Å². The van der Waals surface area contributed by atoms with Gasteiger partial charge in [-0.15, -0.1) is 0 Å². The number of nitrogens with one attached hydrogen (secondary N) is 1. The van der Waals surface area contributed by atoms with Crippen LogP contribution in [0.1, 0.15) is 12.1 Å². The zero-order valence-electron chi connectivity index (χ0n) is 10.4. The molecule has 2 heterocycles. The van der Waals surface area contributed by atoms with Crippen LogP contribution in [-0.4, -0.2) is 32.6 Å². The Morgan fingerprint density at radius 1 is 1.53 bits per heavy atom. The van der Waals surface area contributed by atoms with E-state index in [0.29, 0.717) is 12.2 Å². The molecule has 2 aromatic heterocycles. The topological polar surface area (TPSA) is 79.6 Å². The van der Waals surface area contributed by atoms with Gasteiger partial charge in [0.2, 0.25) is 5.78 Å². The summed E-state index contributed by atoms with van der Waals surface area (Å²) in [5, 5.41) is 8.69. The minimum Gasteiger partial charge on any atom is -0.497 e. The quantitative estimate of drug-likeness (QED) is 0.749. The number of aryl methyl sites for hydroxylation is 1. The van der Waals surface area contributed by atoms with E-state index in [1.807, 2.05) is 28.8 Å². The molecule has 6 nitrogen and oxygen atoms in total. The molecule has 0 bridgehead atoms. The molecule has 0 atom stereocenters. The van der Waals surface area contributed by atoms with E-state index in [4.69, 9.17) is 9.84 Å². The van der Waals surface area contributed by atoms with Gasteiger partial charge in [-0.3, -0.25) is 9.20 Å². The second-order valence-electron chi connectivity index (χ2n) is 4.33. The first kappa shape index (κ1) is 11.6. The van der Waals surface area contributed by atoms with Crippen LogP contribution in [0.25, 0.3) is 16.8 Å². The second-order valence-corrected chi connectivity index (χ2v) is 4.33. The molecule has 0 aliphatic carbocycles. The van der Waals surface area contributed by atoms with E-state index in [1.165, 1.54) is 0 Å². The Kier molecular flexibility index (Phi) is 2.63. The number of imidazole rings is 2. The lowest BCUT2D eigenvalue weighted by Crippen LogP contribution is -1.97. The van der Waals surface area contributed by atoms with Crippen molar-refractivity contribution >= 4 is 22.8 Å². The fraction of sp³-hybridized carbons (Fsp3) is 0.231. The molecule has 0 saturated carbocycles. The van der Waals surface area contributed by atoms with Gasteiger partial charge in [-0.1, -0.05) is 0 Å². The predicted molar refractivity (Wildman–Crippen MR) is 69.6 cm³/mol. The molecule has 1 aromatic carbocycles. The molecule has 3 rings (SSSR count). The van der Waals surface area contributed by atoms with Crippen LogP contribution in [0.3, 0.4) is 0 Å². The summed E-state index contributed by atoms with van der Waals surface area (Å²) in [6.45, 7) is 0. The van der Waals surface area contributed by atoms with Crippen LogP contribution in [-0.2, 0) is 11.2 Å². The zero-order chi connectivity index (χ0) is 13.4. The highest BCUT2D eigenvalue weighted by atomic mass is 16.5. The van der Waals surface area contributed by atoms with Gasteiger partial charge in [0.1, 0.15) is 5.75 Å². The molecule has 0 aliphatic rings. The average Bonchev–Trinajstić information content (AvgIpc) is 2.92. The fourth-order valence-electron chi connectivity index (χ4n) is 2.12. The Morgan fingerprint density at radius 2 is 2.37 bits per heavy atom. The van der Waals surface area contributed by atoms with Gasteiger partial charge in [0.25, 0.3) is 0 Å². The summed E-state index contributed by atoms with van der Waals surface area (Å²) in [7, 11) is 1.62. The summed E-state index contributed by atoms with van der Waals surface area (Å²) in [4.78, 5) is 18.1. The van der Waals surface area contributed by atoms with Crippen molar-refractivity contribution in [1.29, 1.82) is 0 Å². The maximum absolute atomic E-state index is 10.6. The predicted octanol–water partition coefficient (Wildman–Crippen LogP) is 1.84. The minimum atomic E-state index is -0.807. The normalized spacial score (nSPS) is 11.2. The maximum atomic E-state index is 10.6.